The van der Waals surface area contributed by atoms with Gasteiger partial charge in [-0.2, -0.15) is 0 Å². The van der Waals surface area contributed by atoms with Gasteiger partial charge in [0.15, 0.2) is 0 Å². The van der Waals surface area contributed by atoms with E-state index in [0.29, 0.717) is 145 Å². The van der Waals surface area contributed by atoms with Gasteiger partial charge in [0.05, 0.1) is 132 Å². The lowest BCUT2D eigenvalue weighted by Gasteiger charge is -2.09. The minimum atomic E-state index is -1.13. The van der Waals surface area contributed by atoms with Crippen LogP contribution >= 0.6 is 0 Å². The van der Waals surface area contributed by atoms with E-state index in [0.717, 1.165) is 19.3 Å². The highest BCUT2D eigenvalue weighted by Gasteiger charge is 2.04. The molecule has 0 saturated heterocycles. The van der Waals surface area contributed by atoms with Crippen molar-refractivity contribution in [2.24, 2.45) is 0 Å². The average molecular weight is 716 g/mol. The monoisotopic (exact) mass is 715 g/mol. The third-order valence-electron chi connectivity index (χ3n) is 5.85. The van der Waals surface area contributed by atoms with E-state index in [4.69, 9.17) is 57.2 Å². The number of nitrogens with one attached hydrogen (secondary N) is 1. The van der Waals surface area contributed by atoms with Crippen LogP contribution in [0.25, 0.3) is 0 Å². The molecule has 0 atom stereocenters. The number of carboxylic acids is 1. The molecule has 0 radical (unpaired) electrons. The van der Waals surface area contributed by atoms with Crippen molar-refractivity contribution in [3.63, 3.8) is 0 Å². The molecule has 0 aliphatic carbocycles. The van der Waals surface area contributed by atoms with Gasteiger partial charge in [-0.1, -0.05) is 19.8 Å². The second-order valence-corrected chi connectivity index (χ2v) is 10.0. The van der Waals surface area contributed by atoms with Crippen molar-refractivity contribution in [3.8, 4) is 0 Å². The van der Waals surface area contributed by atoms with Crippen molar-refractivity contribution in [3.05, 3.63) is 0 Å². The summed E-state index contributed by atoms with van der Waals surface area (Å²) in [5.41, 5.74) is 0. The summed E-state index contributed by atoms with van der Waals surface area (Å²) in [6, 6.07) is 0. The van der Waals surface area contributed by atoms with E-state index >= 15 is 0 Å². The number of esters is 1. The number of amides is 1. The first-order valence-electron chi connectivity index (χ1n) is 17.1. The van der Waals surface area contributed by atoms with Crippen molar-refractivity contribution in [2.75, 3.05) is 159 Å². The van der Waals surface area contributed by atoms with Gasteiger partial charge in [0.1, 0.15) is 19.8 Å². The number of ether oxygens (including phenoxy) is 12. The van der Waals surface area contributed by atoms with Crippen LogP contribution in [0.1, 0.15) is 32.6 Å². The Labute approximate surface area is 290 Å². The molecule has 0 unspecified atom stereocenters. The molecular weight excluding hydrogens is 654 g/mol. The molecule has 0 aromatic carbocycles. The molecule has 0 spiro atoms. The summed E-state index contributed by atoms with van der Waals surface area (Å²) in [6.45, 7) is 10.7. The highest BCUT2D eigenvalue weighted by Crippen LogP contribution is 2.00. The van der Waals surface area contributed by atoms with Crippen molar-refractivity contribution < 1.29 is 76.3 Å². The van der Waals surface area contributed by atoms with Gasteiger partial charge in [-0.3, -0.25) is 9.59 Å². The normalized spacial score (nSPS) is 11.2. The molecule has 0 saturated carbocycles. The number of hydrogen-bond acceptors (Lipinski definition) is 15. The zero-order valence-electron chi connectivity index (χ0n) is 29.4. The lowest BCUT2D eigenvalue weighted by molar-refractivity contribution is -0.146. The van der Waals surface area contributed by atoms with Crippen molar-refractivity contribution in [1.29, 1.82) is 0 Å². The maximum Gasteiger partial charge on any atom is 0.329 e. The van der Waals surface area contributed by atoms with E-state index in [-0.39, 0.29) is 19.2 Å². The fourth-order valence-electron chi connectivity index (χ4n) is 3.43. The van der Waals surface area contributed by atoms with Crippen LogP contribution in [0.5, 0.6) is 0 Å². The molecule has 0 rings (SSSR count). The summed E-state index contributed by atoms with van der Waals surface area (Å²) in [5.74, 6) is -1.69. The van der Waals surface area contributed by atoms with Gasteiger partial charge in [0, 0.05) is 13.0 Å². The Kier molecular flexibility index (Phi) is 38.7. The Hall–Kier alpha value is -2.03. The van der Waals surface area contributed by atoms with Crippen LogP contribution in [0.3, 0.4) is 0 Å². The first-order chi connectivity index (χ1) is 24.1. The van der Waals surface area contributed by atoms with E-state index in [1.807, 2.05) is 0 Å². The highest BCUT2D eigenvalue weighted by atomic mass is 16.6. The van der Waals surface area contributed by atoms with Crippen LogP contribution in [0.2, 0.25) is 0 Å². The van der Waals surface area contributed by atoms with Crippen LogP contribution in [0.15, 0.2) is 0 Å². The zero-order chi connectivity index (χ0) is 35.7. The topological polar surface area (TPSA) is 194 Å². The molecule has 0 aliphatic heterocycles. The average Bonchev–Trinajstić information content (AvgIpc) is 3.08. The van der Waals surface area contributed by atoms with E-state index < -0.39 is 18.5 Å². The molecule has 0 bridgehead atoms. The zero-order valence-corrected chi connectivity index (χ0v) is 29.4. The molecule has 17 heteroatoms. The predicted molar refractivity (Wildman–Crippen MR) is 175 cm³/mol. The number of hydrogen-bond donors (Lipinski definition) is 2. The fraction of sp³-hybridized carbons (Fsp3) is 0.906. The molecule has 290 valence electrons. The quantitative estimate of drug-likeness (QED) is 0.0656. The molecule has 0 aliphatic rings. The Morgan fingerprint density at radius 1 is 0.449 bits per heavy atom. The second kappa shape index (κ2) is 40.4. The van der Waals surface area contributed by atoms with Gasteiger partial charge in [-0.05, 0) is 6.42 Å². The lowest BCUT2D eigenvalue weighted by atomic mass is 10.2. The summed E-state index contributed by atoms with van der Waals surface area (Å²) < 4.78 is 64.0. The molecule has 17 nitrogen and oxygen atoms in total. The van der Waals surface area contributed by atoms with Crippen LogP contribution < -0.4 is 5.32 Å². The number of carbonyl (C=O) groups is 3. The molecule has 49 heavy (non-hydrogen) atoms. The number of carbonyl (C=O) groups excluding carboxylic acids is 2. The highest BCUT2D eigenvalue weighted by molar-refractivity contribution is 5.77. The van der Waals surface area contributed by atoms with Crippen molar-refractivity contribution in [1.82, 2.24) is 5.32 Å². The maximum atomic E-state index is 11.5. The summed E-state index contributed by atoms with van der Waals surface area (Å²) >= 11 is 0. The lowest BCUT2D eigenvalue weighted by Crippen LogP contribution is -2.31. The van der Waals surface area contributed by atoms with Gasteiger partial charge in [0.25, 0.3) is 0 Å². The van der Waals surface area contributed by atoms with Gasteiger partial charge < -0.3 is 67.3 Å². The number of aliphatic carboxylic acids is 1. The third-order valence-corrected chi connectivity index (χ3v) is 5.85. The molecule has 0 aromatic heterocycles. The first kappa shape index (κ1) is 47.0. The van der Waals surface area contributed by atoms with E-state index in [1.165, 1.54) is 0 Å². The summed E-state index contributed by atoms with van der Waals surface area (Å²) in [6.07, 6.45) is 3.46. The fourth-order valence-corrected chi connectivity index (χ4v) is 3.43. The van der Waals surface area contributed by atoms with Crippen molar-refractivity contribution >= 4 is 17.8 Å². The summed E-state index contributed by atoms with van der Waals surface area (Å²) in [4.78, 5) is 33.1. The Balaban J connectivity index is 3.12. The molecule has 0 heterocycles. The van der Waals surface area contributed by atoms with Gasteiger partial charge in [-0.25, -0.2) is 4.79 Å². The van der Waals surface area contributed by atoms with Crippen LogP contribution in [0, 0.1) is 0 Å². The smallest absolute Gasteiger partial charge is 0.329 e. The second-order valence-electron chi connectivity index (χ2n) is 10.0. The molecule has 2 N–H and O–H groups in total. The number of carboxylic acid groups (broad SMARTS) is 1. The first-order valence-corrected chi connectivity index (χ1v) is 17.1. The largest absolute Gasteiger partial charge is 0.480 e. The van der Waals surface area contributed by atoms with E-state index in [1.54, 1.807) is 0 Å². The maximum absolute atomic E-state index is 11.5. The third kappa shape index (κ3) is 42.1. The molecular formula is C32H61NO16. The van der Waals surface area contributed by atoms with E-state index in [2.05, 4.69) is 17.0 Å². The van der Waals surface area contributed by atoms with Gasteiger partial charge in [0.2, 0.25) is 5.91 Å². The Morgan fingerprint density at radius 2 is 0.796 bits per heavy atom. The standard InChI is InChI=1S/C32H61NO16/c1-2-3-4-5-32(37)49-27-26-47-25-24-46-23-22-45-21-20-44-19-18-43-17-16-42-15-14-41-13-12-40-11-10-39-9-8-38-7-6-33-30(34)28-48-29-31(35)36/h2-29H2,1H3,(H,33,34)(H,35,36). The molecule has 0 aromatic rings. The van der Waals surface area contributed by atoms with Crippen LogP contribution in [-0.2, 0) is 71.2 Å². The number of rotatable bonds is 41. The van der Waals surface area contributed by atoms with Crippen molar-refractivity contribution in [2.45, 2.75) is 32.6 Å². The minimum absolute atomic E-state index is 0.168. The minimum Gasteiger partial charge on any atom is -0.480 e. The Morgan fingerprint density at radius 3 is 1.14 bits per heavy atom. The predicted octanol–water partition coefficient (Wildman–Crippen LogP) is 0.493. The van der Waals surface area contributed by atoms with E-state index in [9.17, 15) is 14.4 Å². The van der Waals surface area contributed by atoms with Gasteiger partial charge >= 0.3 is 11.9 Å². The Bertz CT molecular complexity index is 733. The SMILES string of the molecule is CCCCCC(=O)OCCOCCOCCOCCOCCOCCOCCOCCOCCOCCOCCNC(=O)COCC(=O)O. The number of unbranched alkanes of at least 4 members (excludes halogenated alkanes) is 2. The van der Waals surface area contributed by atoms with Crippen LogP contribution in [-0.4, -0.2) is 181 Å². The van der Waals surface area contributed by atoms with Crippen LogP contribution in [0.4, 0.5) is 0 Å². The summed E-state index contributed by atoms with van der Waals surface area (Å²) in [7, 11) is 0. The summed E-state index contributed by atoms with van der Waals surface area (Å²) in [5, 5.41) is 11.0. The van der Waals surface area contributed by atoms with Gasteiger partial charge in [-0.15, -0.1) is 0 Å². The molecule has 0 fully saturated rings. The molecule has 1 amide bonds.